The molecule has 9 nitrogen and oxygen atoms in total. The Morgan fingerprint density at radius 2 is 2.12 bits per heavy atom. The largest absolute Gasteiger partial charge is 0.380 e. The summed E-state index contributed by atoms with van der Waals surface area (Å²) < 4.78 is 23.5. The number of anilines is 3. The first-order valence-electron chi connectivity index (χ1n) is 10.4. The fourth-order valence-electron chi connectivity index (χ4n) is 3.41. The van der Waals surface area contributed by atoms with Gasteiger partial charge in [0.2, 0.25) is 11.9 Å². The van der Waals surface area contributed by atoms with Gasteiger partial charge in [-0.15, -0.1) is 0 Å². The van der Waals surface area contributed by atoms with Gasteiger partial charge in [0.25, 0.3) is 0 Å². The zero-order valence-corrected chi connectivity index (χ0v) is 18.4. The van der Waals surface area contributed by atoms with Crippen molar-refractivity contribution in [3.8, 4) is 5.82 Å². The molecule has 1 amide bonds. The first-order chi connectivity index (χ1) is 16.0. The van der Waals surface area contributed by atoms with E-state index in [0.29, 0.717) is 31.1 Å². The van der Waals surface area contributed by atoms with Crippen LogP contribution in [0.3, 0.4) is 0 Å². The van der Waals surface area contributed by atoms with Crippen LogP contribution in [0.15, 0.2) is 55.6 Å². The number of aryl methyl sites for hydroxylation is 1. The van der Waals surface area contributed by atoms with Gasteiger partial charge < -0.3 is 15.4 Å². The average Bonchev–Trinajstić information content (AvgIpc) is 3.39. The minimum atomic E-state index is -0.561. The molecule has 4 aromatic rings. The van der Waals surface area contributed by atoms with E-state index in [-0.39, 0.29) is 17.7 Å². The van der Waals surface area contributed by atoms with Crippen LogP contribution in [-0.4, -0.2) is 43.4 Å². The number of ether oxygens (including phenoxy) is 1. The van der Waals surface area contributed by atoms with Crippen LogP contribution < -0.4 is 10.6 Å². The lowest BCUT2D eigenvalue weighted by Gasteiger charge is -2.09. The van der Waals surface area contributed by atoms with Gasteiger partial charge in [-0.05, 0) is 43.7 Å². The Balaban J connectivity index is 1.61. The predicted octanol–water partition coefficient (Wildman–Crippen LogP) is 3.97. The monoisotopic (exact) mass is 449 g/mol. The van der Waals surface area contributed by atoms with Crippen LogP contribution in [0, 0.1) is 12.7 Å². The van der Waals surface area contributed by atoms with Crippen LogP contribution >= 0.6 is 0 Å². The SMILES string of the molecule is C=CC(=O)Nc1ccc2c(c1)c(C)cn2-c1nc(Nc2cnn(CCOCC)c2)ncc1F. The first kappa shape index (κ1) is 22.2. The third-order valence-corrected chi connectivity index (χ3v) is 4.97. The number of carbonyl (C=O) groups is 1. The van der Waals surface area contributed by atoms with Crippen molar-refractivity contribution >= 4 is 34.1 Å². The van der Waals surface area contributed by atoms with Crippen molar-refractivity contribution in [2.45, 2.75) is 20.4 Å². The second kappa shape index (κ2) is 9.61. The lowest BCUT2D eigenvalue weighted by Crippen LogP contribution is -2.07. The molecule has 3 aromatic heterocycles. The first-order valence-corrected chi connectivity index (χ1v) is 10.4. The molecule has 2 N–H and O–H groups in total. The smallest absolute Gasteiger partial charge is 0.247 e. The molecule has 0 atom stereocenters. The zero-order chi connectivity index (χ0) is 23.4. The molecular weight excluding hydrogens is 425 g/mol. The van der Waals surface area contributed by atoms with E-state index in [0.717, 1.165) is 22.7 Å². The average molecular weight is 449 g/mol. The molecule has 0 unspecified atom stereocenters. The van der Waals surface area contributed by atoms with Gasteiger partial charge >= 0.3 is 0 Å². The van der Waals surface area contributed by atoms with E-state index in [1.807, 2.05) is 19.9 Å². The number of carbonyl (C=O) groups excluding carboxylic acids is 1. The number of halogens is 1. The van der Waals surface area contributed by atoms with E-state index in [1.165, 1.54) is 6.08 Å². The molecule has 170 valence electrons. The molecule has 0 radical (unpaired) electrons. The van der Waals surface area contributed by atoms with Gasteiger partial charge in [-0.25, -0.2) is 9.37 Å². The number of nitrogens with one attached hydrogen (secondary N) is 2. The third-order valence-electron chi connectivity index (χ3n) is 4.97. The maximum Gasteiger partial charge on any atom is 0.247 e. The van der Waals surface area contributed by atoms with Gasteiger partial charge in [-0.3, -0.25) is 14.0 Å². The van der Waals surface area contributed by atoms with Crippen LogP contribution in [-0.2, 0) is 16.1 Å². The van der Waals surface area contributed by atoms with Crippen molar-refractivity contribution in [1.29, 1.82) is 0 Å². The molecule has 0 aliphatic heterocycles. The quantitative estimate of drug-likeness (QED) is 0.296. The predicted molar refractivity (Wildman–Crippen MR) is 124 cm³/mol. The van der Waals surface area contributed by atoms with Gasteiger partial charge in [0.1, 0.15) is 0 Å². The van der Waals surface area contributed by atoms with E-state index in [1.54, 1.807) is 40.0 Å². The molecule has 0 spiro atoms. The van der Waals surface area contributed by atoms with Crippen LogP contribution in [0.4, 0.5) is 21.7 Å². The molecular formula is C23H24FN7O2. The van der Waals surface area contributed by atoms with Crippen molar-refractivity contribution in [1.82, 2.24) is 24.3 Å². The van der Waals surface area contributed by atoms with Crippen LogP contribution in [0.5, 0.6) is 0 Å². The van der Waals surface area contributed by atoms with E-state index >= 15 is 0 Å². The van der Waals surface area contributed by atoms with Crippen LogP contribution in [0.1, 0.15) is 12.5 Å². The number of hydrogen-bond acceptors (Lipinski definition) is 6. The summed E-state index contributed by atoms with van der Waals surface area (Å²) in [6.45, 7) is 9.14. The van der Waals surface area contributed by atoms with Crippen molar-refractivity contribution < 1.29 is 13.9 Å². The lowest BCUT2D eigenvalue weighted by molar-refractivity contribution is -0.111. The van der Waals surface area contributed by atoms with Crippen LogP contribution in [0.25, 0.3) is 16.7 Å². The number of fused-ring (bicyclic) bond motifs is 1. The summed E-state index contributed by atoms with van der Waals surface area (Å²) in [5.41, 5.74) is 2.96. The zero-order valence-electron chi connectivity index (χ0n) is 18.4. The number of benzene rings is 1. The van der Waals surface area contributed by atoms with Gasteiger partial charge in [-0.1, -0.05) is 6.58 Å². The highest BCUT2D eigenvalue weighted by molar-refractivity contribution is 6.00. The summed E-state index contributed by atoms with van der Waals surface area (Å²) in [6, 6.07) is 5.38. The highest BCUT2D eigenvalue weighted by Crippen LogP contribution is 2.28. The fraction of sp³-hybridized carbons (Fsp3) is 0.217. The van der Waals surface area contributed by atoms with Crippen molar-refractivity contribution in [3.05, 3.63) is 67.0 Å². The lowest BCUT2D eigenvalue weighted by atomic mass is 10.2. The standard InChI is InChI=1S/C23H24FN7O2/c1-4-21(32)27-16-6-7-20-18(10-16)15(3)13-31(20)22-19(24)12-25-23(29-22)28-17-11-26-30(14-17)8-9-33-5-2/h4,6-7,10-14H,1,5,8-9H2,2-3H3,(H,27,32)(H,25,28,29). The summed E-state index contributed by atoms with van der Waals surface area (Å²) in [6.07, 6.45) is 7.58. The van der Waals surface area contributed by atoms with E-state index in [4.69, 9.17) is 4.74 Å². The van der Waals surface area contributed by atoms with E-state index < -0.39 is 5.82 Å². The molecule has 0 saturated heterocycles. The highest BCUT2D eigenvalue weighted by atomic mass is 19.1. The molecule has 1 aromatic carbocycles. The number of amides is 1. The molecule has 10 heteroatoms. The second-order valence-electron chi connectivity index (χ2n) is 7.29. The minimum absolute atomic E-state index is 0.109. The number of aromatic nitrogens is 5. The molecule has 4 rings (SSSR count). The van der Waals surface area contributed by atoms with Gasteiger partial charge in [0.15, 0.2) is 11.6 Å². The molecule has 0 bridgehead atoms. The minimum Gasteiger partial charge on any atom is -0.380 e. The third kappa shape index (κ3) is 4.90. The topological polar surface area (TPSA) is 98.9 Å². The van der Waals surface area contributed by atoms with Crippen LogP contribution in [0.2, 0.25) is 0 Å². The van der Waals surface area contributed by atoms with Crippen molar-refractivity contribution in [2.75, 3.05) is 23.8 Å². The number of nitrogens with zero attached hydrogens (tertiary/aromatic N) is 5. The summed E-state index contributed by atoms with van der Waals surface area (Å²) >= 11 is 0. The summed E-state index contributed by atoms with van der Waals surface area (Å²) in [5.74, 6) is -0.513. The van der Waals surface area contributed by atoms with E-state index in [9.17, 15) is 9.18 Å². The Labute approximate surface area is 189 Å². The van der Waals surface area contributed by atoms with Gasteiger partial charge in [0.05, 0.1) is 36.7 Å². The Bertz CT molecular complexity index is 1310. The Morgan fingerprint density at radius 3 is 2.91 bits per heavy atom. The number of hydrogen-bond donors (Lipinski definition) is 2. The molecule has 33 heavy (non-hydrogen) atoms. The number of rotatable bonds is 9. The van der Waals surface area contributed by atoms with Crippen molar-refractivity contribution in [2.24, 2.45) is 0 Å². The maximum atomic E-state index is 14.7. The maximum absolute atomic E-state index is 14.7. The Hall–Kier alpha value is -4.05. The van der Waals surface area contributed by atoms with E-state index in [2.05, 4.69) is 32.3 Å². The summed E-state index contributed by atoms with van der Waals surface area (Å²) in [7, 11) is 0. The van der Waals surface area contributed by atoms with Crippen molar-refractivity contribution in [3.63, 3.8) is 0 Å². The fourth-order valence-corrected chi connectivity index (χ4v) is 3.41. The molecule has 0 aliphatic carbocycles. The molecule has 0 aliphatic rings. The Kier molecular flexibility index (Phi) is 6.45. The molecule has 3 heterocycles. The summed E-state index contributed by atoms with van der Waals surface area (Å²) in [4.78, 5) is 20.1. The molecule has 0 saturated carbocycles. The van der Waals surface area contributed by atoms with Gasteiger partial charge in [-0.2, -0.15) is 10.1 Å². The highest BCUT2D eigenvalue weighted by Gasteiger charge is 2.15. The molecule has 0 fully saturated rings. The normalized spacial score (nSPS) is 11.0. The second-order valence-corrected chi connectivity index (χ2v) is 7.29. The summed E-state index contributed by atoms with van der Waals surface area (Å²) in [5, 5.41) is 10.9. The Morgan fingerprint density at radius 1 is 1.27 bits per heavy atom. The van der Waals surface area contributed by atoms with Gasteiger partial charge in [0, 0.05) is 30.1 Å².